The summed E-state index contributed by atoms with van der Waals surface area (Å²) in [5.41, 5.74) is 1.34. The molecule has 0 heterocycles. The van der Waals surface area contributed by atoms with Crippen LogP contribution in [0.3, 0.4) is 0 Å². The van der Waals surface area contributed by atoms with Gasteiger partial charge in [0.25, 0.3) is 0 Å². The largest absolute Gasteiger partial charge is 0.455 e. The van der Waals surface area contributed by atoms with Crippen LogP contribution in [0.15, 0.2) is 78.9 Å². The lowest BCUT2D eigenvalue weighted by Crippen LogP contribution is -2.14. The van der Waals surface area contributed by atoms with E-state index in [1.165, 1.54) is 12.1 Å². The number of para-hydroxylation sites is 3. The molecule has 0 saturated heterocycles. The molecule has 0 fully saturated rings. The highest BCUT2D eigenvalue weighted by Crippen LogP contribution is 2.29. The van der Waals surface area contributed by atoms with E-state index in [0.717, 1.165) is 5.56 Å². The second-order valence-electron chi connectivity index (χ2n) is 5.26. The number of carbonyl (C=O) groups excluding carboxylic acids is 1. The van der Waals surface area contributed by atoms with E-state index >= 15 is 0 Å². The molecule has 1 amide bonds. The summed E-state index contributed by atoms with van der Waals surface area (Å²) in [5.74, 6) is 0.750. The van der Waals surface area contributed by atoms with E-state index in [9.17, 15) is 9.18 Å². The highest BCUT2D eigenvalue weighted by Gasteiger charge is 2.09. The Balaban J connectivity index is 1.70. The maximum absolute atomic E-state index is 12.9. The van der Waals surface area contributed by atoms with E-state index in [4.69, 9.17) is 4.74 Å². The molecule has 0 spiro atoms. The Bertz CT molecular complexity index is 817. The van der Waals surface area contributed by atoms with Gasteiger partial charge in [-0.2, -0.15) is 0 Å². The molecule has 1 N–H and O–H groups in total. The fraction of sp³-hybridized carbons (Fsp3) is 0.0500. The summed E-state index contributed by atoms with van der Waals surface area (Å²) in [6, 6.07) is 22.5. The Kier molecular flexibility index (Phi) is 4.87. The molecular weight excluding hydrogens is 305 g/mol. The van der Waals surface area contributed by atoms with Crippen LogP contribution < -0.4 is 10.1 Å². The topological polar surface area (TPSA) is 38.3 Å². The first-order valence-corrected chi connectivity index (χ1v) is 7.57. The number of hydrogen-bond acceptors (Lipinski definition) is 2. The number of ether oxygens (including phenoxy) is 1. The molecule has 3 rings (SSSR count). The average molecular weight is 321 g/mol. The van der Waals surface area contributed by atoms with Crippen LogP contribution in [-0.2, 0) is 11.2 Å². The molecule has 3 aromatic carbocycles. The van der Waals surface area contributed by atoms with Gasteiger partial charge >= 0.3 is 0 Å². The minimum atomic E-state index is -0.319. The molecular formula is C20H16FNO2. The van der Waals surface area contributed by atoms with E-state index in [1.54, 1.807) is 24.3 Å². The van der Waals surface area contributed by atoms with Crippen LogP contribution >= 0.6 is 0 Å². The van der Waals surface area contributed by atoms with Gasteiger partial charge in [0.15, 0.2) is 5.75 Å². The summed E-state index contributed by atoms with van der Waals surface area (Å²) >= 11 is 0. The van der Waals surface area contributed by atoms with Crippen molar-refractivity contribution in [2.75, 3.05) is 5.32 Å². The van der Waals surface area contributed by atoms with Crippen molar-refractivity contribution in [2.24, 2.45) is 0 Å². The maximum Gasteiger partial charge on any atom is 0.228 e. The molecule has 24 heavy (non-hydrogen) atoms. The smallest absolute Gasteiger partial charge is 0.228 e. The lowest BCUT2D eigenvalue weighted by atomic mass is 10.1. The zero-order chi connectivity index (χ0) is 16.8. The van der Waals surface area contributed by atoms with E-state index in [0.29, 0.717) is 17.2 Å². The van der Waals surface area contributed by atoms with Gasteiger partial charge in [0.1, 0.15) is 11.6 Å². The summed E-state index contributed by atoms with van der Waals surface area (Å²) in [4.78, 5) is 12.2. The van der Waals surface area contributed by atoms with Gasteiger partial charge in [0.05, 0.1) is 12.1 Å². The molecule has 0 saturated carbocycles. The van der Waals surface area contributed by atoms with Gasteiger partial charge in [-0.1, -0.05) is 42.5 Å². The minimum absolute atomic E-state index is 0.167. The van der Waals surface area contributed by atoms with Gasteiger partial charge in [0.2, 0.25) is 5.91 Å². The maximum atomic E-state index is 12.9. The molecule has 0 aliphatic carbocycles. The highest BCUT2D eigenvalue weighted by atomic mass is 19.1. The third-order valence-electron chi connectivity index (χ3n) is 3.41. The van der Waals surface area contributed by atoms with Crippen LogP contribution in [-0.4, -0.2) is 5.91 Å². The quantitative estimate of drug-likeness (QED) is 0.733. The predicted octanol–water partition coefficient (Wildman–Crippen LogP) is 4.80. The summed E-state index contributed by atoms with van der Waals surface area (Å²) in [6.45, 7) is 0. The van der Waals surface area contributed by atoms with Crippen LogP contribution in [0.25, 0.3) is 0 Å². The van der Waals surface area contributed by atoms with E-state index < -0.39 is 0 Å². The summed E-state index contributed by atoms with van der Waals surface area (Å²) in [6.07, 6.45) is 0.167. The summed E-state index contributed by atoms with van der Waals surface area (Å²) in [5, 5.41) is 2.84. The Morgan fingerprint density at radius 3 is 2.29 bits per heavy atom. The number of hydrogen-bond donors (Lipinski definition) is 1. The van der Waals surface area contributed by atoms with Gasteiger partial charge in [-0.15, -0.1) is 0 Å². The molecule has 0 unspecified atom stereocenters. The van der Waals surface area contributed by atoms with Crippen molar-refractivity contribution in [3.8, 4) is 11.5 Å². The zero-order valence-corrected chi connectivity index (χ0v) is 12.9. The SMILES string of the molecule is O=C(Cc1ccc(F)cc1)Nc1ccccc1Oc1ccccc1. The van der Waals surface area contributed by atoms with Gasteiger partial charge in [-0.05, 0) is 42.0 Å². The van der Waals surface area contributed by atoms with Gasteiger partial charge < -0.3 is 10.1 Å². The average Bonchev–Trinajstić information content (AvgIpc) is 2.60. The number of nitrogens with one attached hydrogen (secondary N) is 1. The summed E-state index contributed by atoms with van der Waals surface area (Å²) < 4.78 is 18.7. The Hall–Kier alpha value is -3.14. The number of halogens is 1. The van der Waals surface area contributed by atoms with Gasteiger partial charge in [-0.25, -0.2) is 4.39 Å². The van der Waals surface area contributed by atoms with Gasteiger partial charge in [0, 0.05) is 0 Å². The number of amides is 1. The molecule has 4 heteroatoms. The number of benzene rings is 3. The molecule has 0 aromatic heterocycles. The highest BCUT2D eigenvalue weighted by molar-refractivity contribution is 5.93. The fourth-order valence-corrected chi connectivity index (χ4v) is 2.26. The molecule has 0 bridgehead atoms. The number of rotatable bonds is 5. The van der Waals surface area contributed by atoms with Crippen molar-refractivity contribution in [3.05, 3.63) is 90.2 Å². The second kappa shape index (κ2) is 7.42. The minimum Gasteiger partial charge on any atom is -0.455 e. The lowest BCUT2D eigenvalue weighted by molar-refractivity contribution is -0.115. The van der Waals surface area contributed by atoms with Crippen molar-refractivity contribution < 1.29 is 13.9 Å². The number of anilines is 1. The second-order valence-corrected chi connectivity index (χ2v) is 5.26. The third-order valence-corrected chi connectivity index (χ3v) is 3.41. The van der Waals surface area contributed by atoms with E-state index in [-0.39, 0.29) is 18.1 Å². The molecule has 3 nitrogen and oxygen atoms in total. The molecule has 0 aliphatic rings. The van der Waals surface area contributed by atoms with Crippen molar-refractivity contribution in [1.82, 2.24) is 0 Å². The van der Waals surface area contributed by atoms with E-state index in [1.807, 2.05) is 42.5 Å². The molecule has 120 valence electrons. The zero-order valence-electron chi connectivity index (χ0n) is 12.9. The summed E-state index contributed by atoms with van der Waals surface area (Å²) in [7, 11) is 0. The van der Waals surface area contributed by atoms with Crippen LogP contribution in [0.5, 0.6) is 11.5 Å². The number of carbonyl (C=O) groups is 1. The first-order chi connectivity index (χ1) is 11.7. The molecule has 0 aliphatic heterocycles. The lowest BCUT2D eigenvalue weighted by Gasteiger charge is -2.12. The van der Waals surface area contributed by atoms with Crippen LogP contribution in [0.1, 0.15) is 5.56 Å². The molecule has 0 radical (unpaired) electrons. The van der Waals surface area contributed by atoms with Crippen LogP contribution in [0.4, 0.5) is 10.1 Å². The van der Waals surface area contributed by atoms with Crippen molar-refractivity contribution in [2.45, 2.75) is 6.42 Å². The third kappa shape index (κ3) is 4.20. The van der Waals surface area contributed by atoms with E-state index in [2.05, 4.69) is 5.32 Å². The molecule has 3 aromatic rings. The van der Waals surface area contributed by atoms with Crippen molar-refractivity contribution in [1.29, 1.82) is 0 Å². The van der Waals surface area contributed by atoms with Gasteiger partial charge in [-0.3, -0.25) is 4.79 Å². The Morgan fingerprint density at radius 1 is 0.875 bits per heavy atom. The first-order valence-electron chi connectivity index (χ1n) is 7.57. The van der Waals surface area contributed by atoms with Crippen LogP contribution in [0.2, 0.25) is 0 Å². The Labute approximate surface area is 139 Å². The molecule has 0 atom stereocenters. The Morgan fingerprint density at radius 2 is 1.54 bits per heavy atom. The van der Waals surface area contributed by atoms with Crippen molar-refractivity contribution in [3.63, 3.8) is 0 Å². The standard InChI is InChI=1S/C20H16FNO2/c21-16-12-10-15(11-13-16)14-20(23)22-18-8-4-5-9-19(18)24-17-6-2-1-3-7-17/h1-13H,14H2,(H,22,23). The van der Waals surface area contributed by atoms with Crippen molar-refractivity contribution >= 4 is 11.6 Å². The predicted molar refractivity (Wildman–Crippen MR) is 91.7 cm³/mol. The fourth-order valence-electron chi connectivity index (χ4n) is 2.26. The first kappa shape index (κ1) is 15.7. The normalized spacial score (nSPS) is 10.2. The van der Waals surface area contributed by atoms with Crippen LogP contribution in [0, 0.1) is 5.82 Å². The monoisotopic (exact) mass is 321 g/mol.